The van der Waals surface area contributed by atoms with E-state index in [9.17, 15) is 0 Å². The summed E-state index contributed by atoms with van der Waals surface area (Å²) >= 11 is 0. The van der Waals surface area contributed by atoms with Gasteiger partial charge in [-0.15, -0.1) is 0 Å². The second-order valence-electron chi connectivity index (χ2n) is 4.61. The number of nitrogens with one attached hydrogen (secondary N) is 1. The lowest BCUT2D eigenvalue weighted by molar-refractivity contribution is 0.242. The average Bonchev–Trinajstić information content (AvgIpc) is 2.26. The number of aliphatic imine (C=N–C) groups is 1. The molecule has 3 N–H and O–H groups in total. The zero-order valence-electron chi connectivity index (χ0n) is 10.3. The van der Waals surface area contributed by atoms with Crippen molar-refractivity contribution in [2.24, 2.45) is 10.7 Å². The van der Waals surface area contributed by atoms with Crippen LogP contribution in [-0.2, 0) is 0 Å². The van der Waals surface area contributed by atoms with Crippen molar-refractivity contribution in [3.05, 3.63) is 12.7 Å². The molecule has 0 radical (unpaired) electrons. The molecule has 0 atom stereocenters. The number of rotatable bonds is 2. The Morgan fingerprint density at radius 1 is 1.56 bits per heavy atom. The molecule has 1 aliphatic heterocycles. The van der Waals surface area contributed by atoms with Gasteiger partial charge in [0.1, 0.15) is 11.7 Å². The molecule has 0 aromatic rings. The molecule has 0 aromatic carbocycles. The Hall–Kier alpha value is -1.16. The van der Waals surface area contributed by atoms with Gasteiger partial charge in [0.25, 0.3) is 0 Å². The molecule has 4 heteroatoms. The lowest BCUT2D eigenvalue weighted by atomic mass is 9.91. The SMILES string of the molecule is C=CC(=N)N=C(CC)N1CCC(C)(N)CC1. The smallest absolute Gasteiger partial charge is 0.145 e. The molecule has 0 amide bonds. The standard InChI is InChI=1S/C12H22N4/c1-4-10(13)15-11(5-2)16-8-6-12(3,14)7-9-16/h4,13H,1,5-9,14H2,2-3H3. The van der Waals surface area contributed by atoms with Crippen LogP contribution < -0.4 is 5.73 Å². The minimum atomic E-state index is -0.0404. The van der Waals surface area contributed by atoms with Crippen molar-refractivity contribution in [1.29, 1.82) is 5.41 Å². The molecule has 0 spiro atoms. The summed E-state index contributed by atoms with van der Waals surface area (Å²) in [5.74, 6) is 1.21. The zero-order chi connectivity index (χ0) is 12.2. The van der Waals surface area contributed by atoms with E-state index in [1.807, 2.05) is 0 Å². The van der Waals surface area contributed by atoms with E-state index in [4.69, 9.17) is 11.1 Å². The fourth-order valence-corrected chi connectivity index (χ4v) is 1.83. The quantitative estimate of drug-likeness (QED) is 0.552. The summed E-state index contributed by atoms with van der Waals surface area (Å²) in [5.41, 5.74) is 6.04. The normalized spacial score (nSPS) is 20.7. The highest BCUT2D eigenvalue weighted by Gasteiger charge is 2.26. The minimum Gasteiger partial charge on any atom is -0.360 e. The van der Waals surface area contributed by atoms with Crippen LogP contribution in [0.2, 0.25) is 0 Å². The second kappa shape index (κ2) is 5.25. The van der Waals surface area contributed by atoms with Crippen LogP contribution in [0.5, 0.6) is 0 Å². The van der Waals surface area contributed by atoms with Crippen LogP contribution in [0.4, 0.5) is 0 Å². The maximum absolute atomic E-state index is 7.51. The van der Waals surface area contributed by atoms with Gasteiger partial charge in [-0.2, -0.15) is 0 Å². The van der Waals surface area contributed by atoms with Crippen molar-refractivity contribution in [2.45, 2.75) is 38.6 Å². The Labute approximate surface area is 97.7 Å². The third kappa shape index (κ3) is 3.45. The maximum atomic E-state index is 7.51. The summed E-state index contributed by atoms with van der Waals surface area (Å²) in [6.07, 6.45) is 4.27. The van der Waals surface area contributed by atoms with Crippen LogP contribution in [-0.4, -0.2) is 35.2 Å². The molecule has 4 nitrogen and oxygen atoms in total. The van der Waals surface area contributed by atoms with Gasteiger partial charge in [-0.1, -0.05) is 13.5 Å². The molecule has 1 heterocycles. The number of amidine groups is 2. The Bertz CT molecular complexity index is 294. The van der Waals surface area contributed by atoms with Gasteiger partial charge in [0.15, 0.2) is 0 Å². The lowest BCUT2D eigenvalue weighted by Crippen LogP contribution is -2.49. The molecule has 90 valence electrons. The Balaban J connectivity index is 2.66. The molecular weight excluding hydrogens is 200 g/mol. The first-order valence-electron chi connectivity index (χ1n) is 5.81. The van der Waals surface area contributed by atoms with Crippen LogP contribution >= 0.6 is 0 Å². The van der Waals surface area contributed by atoms with Gasteiger partial charge in [0.2, 0.25) is 0 Å². The van der Waals surface area contributed by atoms with Crippen LogP contribution in [0, 0.1) is 5.41 Å². The summed E-state index contributed by atoms with van der Waals surface area (Å²) in [5, 5.41) is 7.51. The summed E-state index contributed by atoms with van der Waals surface area (Å²) in [7, 11) is 0. The van der Waals surface area contributed by atoms with E-state index in [1.54, 1.807) is 0 Å². The van der Waals surface area contributed by atoms with Crippen molar-refractivity contribution in [3.8, 4) is 0 Å². The molecular formula is C12H22N4. The van der Waals surface area contributed by atoms with Gasteiger partial charge in [0.05, 0.1) is 0 Å². The van der Waals surface area contributed by atoms with Crippen LogP contribution in [0.15, 0.2) is 17.6 Å². The molecule has 0 bridgehead atoms. The van der Waals surface area contributed by atoms with Crippen molar-refractivity contribution in [2.75, 3.05) is 13.1 Å². The van der Waals surface area contributed by atoms with Crippen LogP contribution in [0.25, 0.3) is 0 Å². The first-order valence-corrected chi connectivity index (χ1v) is 5.81. The number of hydrogen-bond acceptors (Lipinski definition) is 2. The second-order valence-corrected chi connectivity index (χ2v) is 4.61. The molecule has 1 aliphatic rings. The average molecular weight is 222 g/mol. The van der Waals surface area contributed by atoms with E-state index in [2.05, 4.69) is 30.3 Å². The van der Waals surface area contributed by atoms with E-state index in [-0.39, 0.29) is 11.4 Å². The number of likely N-dealkylation sites (tertiary alicyclic amines) is 1. The molecule has 16 heavy (non-hydrogen) atoms. The molecule has 1 rings (SSSR count). The van der Waals surface area contributed by atoms with E-state index >= 15 is 0 Å². The van der Waals surface area contributed by atoms with Crippen LogP contribution in [0.3, 0.4) is 0 Å². The van der Waals surface area contributed by atoms with Crippen molar-refractivity contribution in [3.63, 3.8) is 0 Å². The Kier molecular flexibility index (Phi) is 4.24. The van der Waals surface area contributed by atoms with E-state index in [0.717, 1.165) is 38.2 Å². The van der Waals surface area contributed by atoms with Crippen LogP contribution in [0.1, 0.15) is 33.1 Å². The topological polar surface area (TPSA) is 65.5 Å². The van der Waals surface area contributed by atoms with Gasteiger partial charge in [-0.05, 0) is 25.8 Å². The highest BCUT2D eigenvalue weighted by Crippen LogP contribution is 2.19. The lowest BCUT2D eigenvalue weighted by Gasteiger charge is -2.38. The van der Waals surface area contributed by atoms with E-state index in [0.29, 0.717) is 0 Å². The number of piperidine rings is 1. The van der Waals surface area contributed by atoms with Crippen molar-refractivity contribution >= 4 is 11.7 Å². The van der Waals surface area contributed by atoms with Gasteiger partial charge in [0, 0.05) is 25.0 Å². The number of hydrogen-bond donors (Lipinski definition) is 2. The van der Waals surface area contributed by atoms with Gasteiger partial charge >= 0.3 is 0 Å². The molecule has 0 unspecified atom stereocenters. The summed E-state index contributed by atoms with van der Waals surface area (Å²) in [6, 6.07) is 0. The third-order valence-electron chi connectivity index (χ3n) is 3.03. The largest absolute Gasteiger partial charge is 0.360 e. The first kappa shape index (κ1) is 12.9. The summed E-state index contributed by atoms with van der Waals surface area (Å²) in [6.45, 7) is 9.57. The van der Waals surface area contributed by atoms with Gasteiger partial charge in [-0.25, -0.2) is 4.99 Å². The highest BCUT2D eigenvalue weighted by atomic mass is 15.2. The summed E-state index contributed by atoms with van der Waals surface area (Å²) in [4.78, 5) is 6.48. The summed E-state index contributed by atoms with van der Waals surface area (Å²) < 4.78 is 0. The van der Waals surface area contributed by atoms with Crippen molar-refractivity contribution in [1.82, 2.24) is 4.90 Å². The number of nitrogens with zero attached hydrogens (tertiary/aromatic N) is 2. The van der Waals surface area contributed by atoms with Crippen molar-refractivity contribution < 1.29 is 0 Å². The number of nitrogens with two attached hydrogens (primary N) is 1. The Morgan fingerprint density at radius 2 is 2.12 bits per heavy atom. The highest BCUT2D eigenvalue weighted by molar-refractivity contribution is 6.00. The van der Waals surface area contributed by atoms with E-state index < -0.39 is 0 Å². The predicted molar refractivity (Wildman–Crippen MR) is 69.0 cm³/mol. The maximum Gasteiger partial charge on any atom is 0.145 e. The third-order valence-corrected chi connectivity index (χ3v) is 3.03. The fraction of sp³-hybridized carbons (Fsp3) is 0.667. The molecule has 0 aliphatic carbocycles. The molecule has 1 fully saturated rings. The Morgan fingerprint density at radius 3 is 2.56 bits per heavy atom. The predicted octanol–water partition coefficient (Wildman–Crippen LogP) is 1.77. The minimum absolute atomic E-state index is 0.0404. The van der Waals surface area contributed by atoms with Gasteiger partial charge < -0.3 is 10.6 Å². The molecule has 0 saturated carbocycles. The zero-order valence-corrected chi connectivity index (χ0v) is 10.3. The van der Waals surface area contributed by atoms with Gasteiger partial charge in [-0.3, -0.25) is 5.41 Å². The first-order chi connectivity index (χ1) is 7.48. The fourth-order valence-electron chi connectivity index (χ4n) is 1.83. The van der Waals surface area contributed by atoms with E-state index in [1.165, 1.54) is 6.08 Å². The molecule has 1 saturated heterocycles. The molecule has 0 aromatic heterocycles. The monoisotopic (exact) mass is 222 g/mol.